The van der Waals surface area contributed by atoms with Gasteiger partial charge in [-0.1, -0.05) is 97.1 Å². The highest BCUT2D eigenvalue weighted by molar-refractivity contribution is 5.73. The van der Waals surface area contributed by atoms with Crippen LogP contribution in [0.2, 0.25) is 0 Å². The molecule has 0 radical (unpaired) electrons. The van der Waals surface area contributed by atoms with E-state index >= 15 is 0 Å². The molecule has 0 fully saturated rings. The predicted octanol–water partition coefficient (Wildman–Crippen LogP) is 6.43. The molecule has 0 spiro atoms. The van der Waals surface area contributed by atoms with Gasteiger partial charge in [-0.05, 0) is 41.0 Å². The van der Waals surface area contributed by atoms with E-state index in [0.29, 0.717) is 11.8 Å². The van der Waals surface area contributed by atoms with Gasteiger partial charge in [0.05, 0.1) is 0 Å². The average Bonchev–Trinajstić information content (AvgIpc) is 2.69. The molecule has 2 atom stereocenters. The summed E-state index contributed by atoms with van der Waals surface area (Å²) in [7, 11) is 0. The van der Waals surface area contributed by atoms with Crippen LogP contribution in [0.15, 0.2) is 97.1 Å². The lowest BCUT2D eigenvalue weighted by molar-refractivity contribution is 0.565. The van der Waals surface area contributed by atoms with Crippen LogP contribution in [0.4, 0.5) is 0 Å². The topological polar surface area (TPSA) is 0 Å². The van der Waals surface area contributed by atoms with E-state index in [0.717, 1.165) is 6.42 Å². The molecule has 4 rings (SSSR count). The summed E-state index contributed by atoms with van der Waals surface area (Å²) in [6.07, 6.45) is 4.81. The molecule has 3 aromatic carbocycles. The zero-order valence-electron chi connectivity index (χ0n) is 13.8. The van der Waals surface area contributed by atoms with Gasteiger partial charge in [0.15, 0.2) is 0 Å². The Morgan fingerprint density at radius 2 is 1.12 bits per heavy atom. The lowest BCUT2D eigenvalue weighted by Gasteiger charge is -2.34. The predicted molar refractivity (Wildman–Crippen MR) is 102 cm³/mol. The van der Waals surface area contributed by atoms with Crippen molar-refractivity contribution in [3.8, 4) is 0 Å². The summed E-state index contributed by atoms with van der Waals surface area (Å²) in [5.74, 6) is 0.957. The maximum atomic E-state index is 2.45. The highest BCUT2D eigenvalue weighted by Gasteiger charge is 2.30. The molecule has 0 bridgehead atoms. The standard InChI is InChI=1S/C24H22/c1-4-11-19(12-5-1)22-17-10-18-23(20-13-6-2-7-14-20)24(22)21-15-8-3-9-16-21/h1-9,11-17,23-24H,10,18H2/t23-,24+/m1/s1. The van der Waals surface area contributed by atoms with Crippen LogP contribution in [0.5, 0.6) is 0 Å². The van der Waals surface area contributed by atoms with Gasteiger partial charge in [0.25, 0.3) is 0 Å². The van der Waals surface area contributed by atoms with E-state index in [-0.39, 0.29) is 0 Å². The van der Waals surface area contributed by atoms with Crippen molar-refractivity contribution in [1.82, 2.24) is 0 Å². The second kappa shape index (κ2) is 6.88. The lowest BCUT2D eigenvalue weighted by Crippen LogP contribution is -2.17. The van der Waals surface area contributed by atoms with Crippen LogP contribution in [0.25, 0.3) is 5.57 Å². The number of benzene rings is 3. The van der Waals surface area contributed by atoms with Crippen molar-refractivity contribution in [2.45, 2.75) is 24.7 Å². The highest BCUT2D eigenvalue weighted by atomic mass is 14.3. The number of rotatable bonds is 3. The van der Waals surface area contributed by atoms with Crippen LogP contribution in [-0.2, 0) is 0 Å². The minimum absolute atomic E-state index is 0.421. The summed E-state index contributed by atoms with van der Waals surface area (Å²) in [6, 6.07) is 32.9. The van der Waals surface area contributed by atoms with Gasteiger partial charge in [-0.3, -0.25) is 0 Å². The van der Waals surface area contributed by atoms with Crippen molar-refractivity contribution in [2.75, 3.05) is 0 Å². The van der Waals surface area contributed by atoms with Crippen molar-refractivity contribution in [2.24, 2.45) is 0 Å². The van der Waals surface area contributed by atoms with Gasteiger partial charge >= 0.3 is 0 Å². The molecule has 3 aromatic rings. The molecule has 0 saturated carbocycles. The molecule has 0 heterocycles. The van der Waals surface area contributed by atoms with Crippen LogP contribution >= 0.6 is 0 Å². The Labute approximate surface area is 144 Å². The Morgan fingerprint density at radius 1 is 0.583 bits per heavy atom. The second-order valence-corrected chi connectivity index (χ2v) is 6.51. The molecule has 0 aromatic heterocycles. The van der Waals surface area contributed by atoms with E-state index in [2.05, 4.69) is 97.1 Å². The van der Waals surface area contributed by atoms with Crippen molar-refractivity contribution >= 4 is 5.57 Å². The van der Waals surface area contributed by atoms with E-state index in [1.165, 1.54) is 28.7 Å². The lowest BCUT2D eigenvalue weighted by atomic mass is 9.70. The molecule has 0 heteroatoms. The minimum Gasteiger partial charge on any atom is -0.0801 e. The van der Waals surface area contributed by atoms with Crippen molar-refractivity contribution in [1.29, 1.82) is 0 Å². The van der Waals surface area contributed by atoms with Crippen LogP contribution < -0.4 is 0 Å². The van der Waals surface area contributed by atoms with Gasteiger partial charge in [-0.2, -0.15) is 0 Å². The smallest absolute Gasteiger partial charge is 0.0161 e. The fourth-order valence-electron chi connectivity index (χ4n) is 3.99. The summed E-state index contributed by atoms with van der Waals surface area (Å²) < 4.78 is 0. The average molecular weight is 310 g/mol. The highest BCUT2D eigenvalue weighted by Crippen LogP contribution is 2.48. The number of hydrogen-bond donors (Lipinski definition) is 0. The molecule has 0 aliphatic heterocycles. The molecule has 0 unspecified atom stereocenters. The van der Waals surface area contributed by atoms with Gasteiger partial charge in [0.2, 0.25) is 0 Å². The molecule has 0 amide bonds. The van der Waals surface area contributed by atoms with Crippen LogP contribution in [0.1, 0.15) is 41.4 Å². The zero-order valence-corrected chi connectivity index (χ0v) is 13.8. The van der Waals surface area contributed by atoms with E-state index < -0.39 is 0 Å². The minimum atomic E-state index is 0.421. The molecular weight excluding hydrogens is 288 g/mol. The molecule has 0 N–H and O–H groups in total. The van der Waals surface area contributed by atoms with Crippen molar-refractivity contribution in [3.63, 3.8) is 0 Å². The Morgan fingerprint density at radius 3 is 1.75 bits per heavy atom. The third-order valence-electron chi connectivity index (χ3n) is 5.07. The first-order valence-corrected chi connectivity index (χ1v) is 8.79. The number of allylic oxidation sites excluding steroid dienone is 2. The summed E-state index contributed by atoms with van der Waals surface area (Å²) in [5.41, 5.74) is 5.70. The first-order valence-electron chi connectivity index (χ1n) is 8.79. The van der Waals surface area contributed by atoms with Gasteiger partial charge in [0.1, 0.15) is 0 Å². The molecule has 1 aliphatic carbocycles. The maximum absolute atomic E-state index is 2.45. The second-order valence-electron chi connectivity index (χ2n) is 6.51. The molecule has 1 aliphatic rings. The quantitative estimate of drug-likeness (QED) is 0.523. The SMILES string of the molecule is C1=C(c2ccccc2)[C@H](c2ccccc2)[C@@H](c2ccccc2)CC1. The Balaban J connectivity index is 1.83. The molecule has 118 valence electrons. The monoisotopic (exact) mass is 310 g/mol. The van der Waals surface area contributed by atoms with Gasteiger partial charge in [-0.25, -0.2) is 0 Å². The largest absolute Gasteiger partial charge is 0.0801 e. The molecule has 24 heavy (non-hydrogen) atoms. The zero-order chi connectivity index (χ0) is 16.2. The van der Waals surface area contributed by atoms with Gasteiger partial charge in [0, 0.05) is 5.92 Å². The van der Waals surface area contributed by atoms with Gasteiger partial charge < -0.3 is 0 Å². The van der Waals surface area contributed by atoms with Crippen LogP contribution in [0.3, 0.4) is 0 Å². The summed E-state index contributed by atoms with van der Waals surface area (Å²) >= 11 is 0. The molecule has 0 saturated heterocycles. The fourth-order valence-corrected chi connectivity index (χ4v) is 3.99. The Hall–Kier alpha value is -2.60. The summed E-state index contributed by atoms with van der Waals surface area (Å²) in [5, 5.41) is 0. The maximum Gasteiger partial charge on any atom is 0.0161 e. The number of hydrogen-bond acceptors (Lipinski definition) is 0. The Kier molecular flexibility index (Phi) is 4.29. The van der Waals surface area contributed by atoms with Crippen LogP contribution in [-0.4, -0.2) is 0 Å². The van der Waals surface area contributed by atoms with E-state index in [4.69, 9.17) is 0 Å². The third-order valence-corrected chi connectivity index (χ3v) is 5.07. The summed E-state index contributed by atoms with van der Waals surface area (Å²) in [6.45, 7) is 0. The van der Waals surface area contributed by atoms with Gasteiger partial charge in [-0.15, -0.1) is 0 Å². The van der Waals surface area contributed by atoms with E-state index in [9.17, 15) is 0 Å². The summed E-state index contributed by atoms with van der Waals surface area (Å²) in [4.78, 5) is 0. The fraction of sp³-hybridized carbons (Fsp3) is 0.167. The third kappa shape index (κ3) is 2.92. The first-order chi connectivity index (χ1) is 11.9. The van der Waals surface area contributed by atoms with Crippen molar-refractivity contribution in [3.05, 3.63) is 114 Å². The van der Waals surface area contributed by atoms with E-state index in [1.807, 2.05) is 0 Å². The Bertz CT molecular complexity index is 800. The first kappa shape index (κ1) is 15.0. The normalized spacial score (nSPS) is 20.4. The molecule has 0 nitrogen and oxygen atoms in total. The van der Waals surface area contributed by atoms with Crippen LogP contribution in [0, 0.1) is 0 Å². The molecular formula is C24H22. The van der Waals surface area contributed by atoms with E-state index in [1.54, 1.807) is 0 Å². The van der Waals surface area contributed by atoms with Crippen molar-refractivity contribution < 1.29 is 0 Å².